The van der Waals surface area contributed by atoms with Gasteiger partial charge in [0.15, 0.2) is 6.04 Å². The number of carbonyl (C=O) groups is 1. The average Bonchev–Trinajstić information content (AvgIpc) is 3.08. The number of halogens is 3. The molecule has 2 atom stereocenters. The van der Waals surface area contributed by atoms with Crippen LogP contribution in [0.3, 0.4) is 0 Å². The third-order valence-electron chi connectivity index (χ3n) is 3.35. The van der Waals surface area contributed by atoms with Crippen LogP contribution in [-0.2, 0) is 4.74 Å². The summed E-state index contributed by atoms with van der Waals surface area (Å²) in [5.74, 6) is 0. The van der Waals surface area contributed by atoms with Crippen LogP contribution in [-0.4, -0.2) is 64.7 Å². The Bertz CT molecular complexity index is 465. The number of rotatable bonds is 4. The Morgan fingerprint density at radius 3 is 2.86 bits per heavy atom. The molecule has 1 aliphatic heterocycles. The lowest BCUT2D eigenvalue weighted by Gasteiger charge is -2.23. The summed E-state index contributed by atoms with van der Waals surface area (Å²) < 4.78 is 44.7. The molecule has 2 amide bonds. The van der Waals surface area contributed by atoms with Gasteiger partial charge in [-0.05, 0) is 6.42 Å². The molecule has 0 radical (unpaired) electrons. The predicted octanol–water partition coefficient (Wildman–Crippen LogP) is 0.812. The van der Waals surface area contributed by atoms with Crippen molar-refractivity contribution in [1.29, 1.82) is 0 Å². The highest BCUT2D eigenvalue weighted by molar-refractivity contribution is 5.74. The van der Waals surface area contributed by atoms with E-state index in [-0.39, 0.29) is 6.10 Å². The molecule has 10 heteroatoms. The number of alkyl halides is 3. The van der Waals surface area contributed by atoms with Crippen LogP contribution < -0.4 is 5.32 Å². The van der Waals surface area contributed by atoms with Crippen molar-refractivity contribution in [3.63, 3.8) is 0 Å². The summed E-state index contributed by atoms with van der Waals surface area (Å²) in [6, 6.07) is -2.48. The van der Waals surface area contributed by atoms with Crippen LogP contribution in [0.4, 0.5) is 18.0 Å². The van der Waals surface area contributed by atoms with Crippen LogP contribution in [0.25, 0.3) is 0 Å². The molecular formula is C11H16F3N5O2. The van der Waals surface area contributed by atoms with Crippen LogP contribution in [0.1, 0.15) is 12.5 Å². The largest absolute Gasteiger partial charge is 0.412 e. The number of hydrogen-bond donors (Lipinski definition) is 1. The number of amides is 2. The number of carbonyl (C=O) groups excluding carboxylic acids is 1. The van der Waals surface area contributed by atoms with Crippen LogP contribution in [0.15, 0.2) is 12.7 Å². The highest BCUT2D eigenvalue weighted by Crippen LogP contribution is 2.29. The minimum atomic E-state index is -4.53. The molecule has 1 N–H and O–H groups in total. The normalized spacial score (nSPS) is 20.6. The molecule has 1 aliphatic rings. The Labute approximate surface area is 119 Å². The van der Waals surface area contributed by atoms with Gasteiger partial charge in [-0.25, -0.2) is 14.5 Å². The van der Waals surface area contributed by atoms with Gasteiger partial charge in [0.2, 0.25) is 0 Å². The maximum Gasteiger partial charge on any atom is 0.412 e. The topological polar surface area (TPSA) is 72.3 Å². The maximum atomic E-state index is 13.0. The van der Waals surface area contributed by atoms with Gasteiger partial charge in [0.05, 0.1) is 12.6 Å². The SMILES string of the molecule is CO[C@H]1CCN(C(=O)NCC(n2cncn2)C(F)(F)F)C1. The summed E-state index contributed by atoms with van der Waals surface area (Å²) in [4.78, 5) is 16.8. The third-order valence-corrected chi connectivity index (χ3v) is 3.35. The standard InChI is InChI=1S/C11H16F3N5O2/c1-21-8-2-3-18(5-8)10(20)16-4-9(11(12,13)14)19-7-15-6-17-19/h6-9H,2-5H2,1H3,(H,16,20)/t8-,9?/m0/s1. The van der Waals surface area contributed by atoms with Gasteiger partial charge >= 0.3 is 12.2 Å². The van der Waals surface area contributed by atoms with E-state index in [2.05, 4.69) is 15.4 Å². The van der Waals surface area contributed by atoms with Crippen molar-refractivity contribution in [2.75, 3.05) is 26.7 Å². The summed E-state index contributed by atoms with van der Waals surface area (Å²) in [6.45, 7) is 0.243. The molecule has 21 heavy (non-hydrogen) atoms. The minimum Gasteiger partial charge on any atom is -0.380 e. The Kier molecular flexibility index (Phi) is 4.66. The molecule has 118 valence electrons. The smallest absolute Gasteiger partial charge is 0.380 e. The monoisotopic (exact) mass is 307 g/mol. The first-order valence-corrected chi connectivity index (χ1v) is 6.38. The lowest BCUT2D eigenvalue weighted by Crippen LogP contribution is -2.44. The number of aromatic nitrogens is 3. The van der Waals surface area contributed by atoms with E-state index in [1.54, 1.807) is 0 Å². The molecule has 1 fully saturated rings. The summed E-state index contributed by atoms with van der Waals surface area (Å²) in [5.41, 5.74) is 0. The quantitative estimate of drug-likeness (QED) is 0.893. The Morgan fingerprint density at radius 2 is 2.33 bits per heavy atom. The van der Waals surface area contributed by atoms with Crippen molar-refractivity contribution in [1.82, 2.24) is 25.0 Å². The van der Waals surface area contributed by atoms with E-state index >= 15 is 0 Å². The van der Waals surface area contributed by atoms with Gasteiger partial charge in [0.25, 0.3) is 0 Å². The number of ether oxygens (including phenoxy) is 1. The molecular weight excluding hydrogens is 291 g/mol. The van der Waals surface area contributed by atoms with Crippen molar-refractivity contribution in [3.8, 4) is 0 Å². The Hall–Kier alpha value is -1.84. The molecule has 1 unspecified atom stereocenters. The lowest BCUT2D eigenvalue weighted by atomic mass is 10.3. The lowest BCUT2D eigenvalue weighted by molar-refractivity contribution is -0.168. The number of hydrogen-bond acceptors (Lipinski definition) is 4. The van der Waals surface area contributed by atoms with Crippen LogP contribution in [0, 0.1) is 0 Å². The number of urea groups is 1. The van der Waals surface area contributed by atoms with E-state index in [4.69, 9.17) is 4.74 Å². The average molecular weight is 307 g/mol. The van der Waals surface area contributed by atoms with E-state index in [1.807, 2.05) is 0 Å². The summed E-state index contributed by atoms with van der Waals surface area (Å²) in [7, 11) is 1.54. The van der Waals surface area contributed by atoms with Crippen molar-refractivity contribution in [2.24, 2.45) is 0 Å². The van der Waals surface area contributed by atoms with Gasteiger partial charge in [0.1, 0.15) is 12.7 Å². The predicted molar refractivity (Wildman–Crippen MR) is 65.5 cm³/mol. The first kappa shape index (κ1) is 15.5. The molecule has 2 heterocycles. The van der Waals surface area contributed by atoms with Crippen molar-refractivity contribution in [2.45, 2.75) is 24.7 Å². The first-order valence-electron chi connectivity index (χ1n) is 6.38. The molecule has 0 aromatic carbocycles. The molecule has 1 aromatic rings. The molecule has 1 saturated heterocycles. The van der Waals surface area contributed by atoms with Gasteiger partial charge in [-0.15, -0.1) is 0 Å². The second-order valence-corrected chi connectivity index (χ2v) is 4.71. The number of nitrogens with one attached hydrogen (secondary N) is 1. The summed E-state index contributed by atoms with van der Waals surface area (Å²) >= 11 is 0. The van der Waals surface area contributed by atoms with Crippen LogP contribution in [0.2, 0.25) is 0 Å². The van der Waals surface area contributed by atoms with Crippen LogP contribution >= 0.6 is 0 Å². The Morgan fingerprint density at radius 1 is 1.57 bits per heavy atom. The minimum absolute atomic E-state index is 0.0653. The fourth-order valence-electron chi connectivity index (χ4n) is 2.14. The fraction of sp³-hybridized carbons (Fsp3) is 0.727. The van der Waals surface area contributed by atoms with E-state index in [1.165, 1.54) is 12.0 Å². The molecule has 0 spiro atoms. The zero-order chi connectivity index (χ0) is 15.5. The second kappa shape index (κ2) is 6.29. The first-order chi connectivity index (χ1) is 9.91. The highest BCUT2D eigenvalue weighted by Gasteiger charge is 2.42. The summed E-state index contributed by atoms with van der Waals surface area (Å²) in [5, 5.41) is 5.77. The number of likely N-dealkylation sites (tertiary alicyclic amines) is 1. The summed E-state index contributed by atoms with van der Waals surface area (Å²) in [6.07, 6.45) is -1.92. The highest BCUT2D eigenvalue weighted by atomic mass is 19.4. The fourth-order valence-corrected chi connectivity index (χ4v) is 2.14. The van der Waals surface area contributed by atoms with Crippen molar-refractivity contribution < 1.29 is 22.7 Å². The molecule has 1 aromatic heterocycles. The number of methoxy groups -OCH3 is 1. The van der Waals surface area contributed by atoms with Gasteiger partial charge < -0.3 is 15.0 Å². The zero-order valence-corrected chi connectivity index (χ0v) is 11.4. The molecule has 7 nitrogen and oxygen atoms in total. The zero-order valence-electron chi connectivity index (χ0n) is 11.4. The second-order valence-electron chi connectivity index (χ2n) is 4.71. The van der Waals surface area contributed by atoms with E-state index in [0.717, 1.165) is 12.7 Å². The molecule has 2 rings (SSSR count). The van der Waals surface area contributed by atoms with Gasteiger partial charge in [-0.2, -0.15) is 18.3 Å². The molecule has 0 saturated carbocycles. The Balaban J connectivity index is 1.92. The molecule has 0 bridgehead atoms. The van der Waals surface area contributed by atoms with Gasteiger partial charge in [-0.3, -0.25) is 0 Å². The third kappa shape index (κ3) is 3.84. The van der Waals surface area contributed by atoms with Crippen molar-refractivity contribution in [3.05, 3.63) is 12.7 Å². The van der Waals surface area contributed by atoms with E-state index in [9.17, 15) is 18.0 Å². The van der Waals surface area contributed by atoms with Crippen molar-refractivity contribution >= 4 is 6.03 Å². The maximum absolute atomic E-state index is 13.0. The van der Waals surface area contributed by atoms with E-state index < -0.39 is 24.8 Å². The van der Waals surface area contributed by atoms with Gasteiger partial charge in [-0.1, -0.05) is 0 Å². The van der Waals surface area contributed by atoms with Gasteiger partial charge in [0, 0.05) is 20.2 Å². The molecule has 0 aliphatic carbocycles. The van der Waals surface area contributed by atoms with Crippen LogP contribution in [0.5, 0.6) is 0 Å². The number of nitrogens with zero attached hydrogens (tertiary/aromatic N) is 4. The van der Waals surface area contributed by atoms with E-state index in [0.29, 0.717) is 24.2 Å².